The summed E-state index contributed by atoms with van der Waals surface area (Å²) in [6.07, 6.45) is -0.0155. The molecule has 1 aliphatic rings. The summed E-state index contributed by atoms with van der Waals surface area (Å²) in [5.74, 6) is 1.18. The lowest BCUT2D eigenvalue weighted by atomic mass is 9.86. The fourth-order valence-corrected chi connectivity index (χ4v) is 3.33. The zero-order valence-corrected chi connectivity index (χ0v) is 13.2. The molecule has 3 aromatic carbocycles. The zero-order valence-electron chi connectivity index (χ0n) is 13.2. The third-order valence-electron chi connectivity index (χ3n) is 4.62. The van der Waals surface area contributed by atoms with Crippen molar-refractivity contribution >= 4 is 16.3 Å². The zero-order chi connectivity index (χ0) is 16.0. The van der Waals surface area contributed by atoms with Crippen LogP contribution in [0, 0.1) is 0 Å². The van der Waals surface area contributed by atoms with Crippen LogP contribution < -0.4 is 4.74 Å². The summed E-state index contributed by atoms with van der Waals surface area (Å²) in [6.45, 7) is 4.13. The number of ether oxygens (including phenoxy) is 1. The van der Waals surface area contributed by atoms with Gasteiger partial charge in [-0.25, -0.2) is 0 Å². The Morgan fingerprint density at radius 1 is 0.913 bits per heavy atom. The molecule has 114 valence electrons. The van der Waals surface area contributed by atoms with Crippen molar-refractivity contribution in [2.75, 3.05) is 0 Å². The summed E-state index contributed by atoms with van der Waals surface area (Å²) < 4.78 is 6.01. The van der Waals surface area contributed by atoms with Gasteiger partial charge in [-0.2, -0.15) is 0 Å². The Labute approximate surface area is 135 Å². The van der Waals surface area contributed by atoms with E-state index in [0.29, 0.717) is 5.75 Å². The minimum atomic E-state index is -0.0155. The Kier molecular flexibility index (Phi) is 3.12. The summed E-state index contributed by atoms with van der Waals surface area (Å²) in [5.41, 5.74) is 4.14. The Morgan fingerprint density at radius 2 is 1.65 bits per heavy atom. The van der Waals surface area contributed by atoms with Gasteiger partial charge in [0.15, 0.2) is 0 Å². The number of phenols is 1. The van der Waals surface area contributed by atoms with Gasteiger partial charge < -0.3 is 9.84 Å². The predicted octanol–water partition coefficient (Wildman–Crippen LogP) is 5.15. The normalized spacial score (nSPS) is 17.0. The minimum Gasteiger partial charge on any atom is -0.507 e. The largest absolute Gasteiger partial charge is 0.507 e. The van der Waals surface area contributed by atoms with E-state index in [2.05, 4.69) is 25.1 Å². The predicted molar refractivity (Wildman–Crippen MR) is 93.8 cm³/mol. The number of rotatable bonds is 1. The maximum absolute atomic E-state index is 10.6. The molecule has 4 rings (SSSR count). The van der Waals surface area contributed by atoms with Crippen molar-refractivity contribution in [2.24, 2.45) is 0 Å². The van der Waals surface area contributed by atoms with Crippen molar-refractivity contribution in [3.63, 3.8) is 0 Å². The van der Waals surface area contributed by atoms with Gasteiger partial charge in [-0.1, -0.05) is 48.5 Å². The lowest BCUT2D eigenvalue weighted by Gasteiger charge is -2.28. The van der Waals surface area contributed by atoms with Crippen molar-refractivity contribution in [1.29, 1.82) is 0 Å². The molecular weight excluding hydrogens is 284 g/mol. The molecular formula is C21H18O2. The number of para-hydroxylation sites is 1. The molecule has 1 heterocycles. The molecule has 23 heavy (non-hydrogen) atoms. The maximum atomic E-state index is 10.6. The molecule has 2 nitrogen and oxygen atoms in total. The molecule has 2 heteroatoms. The van der Waals surface area contributed by atoms with Gasteiger partial charge in [0, 0.05) is 11.1 Å². The average Bonchev–Trinajstić information content (AvgIpc) is 2.57. The summed E-state index contributed by atoms with van der Waals surface area (Å²) in [7, 11) is 0. The van der Waals surface area contributed by atoms with E-state index in [0.717, 1.165) is 38.8 Å². The van der Waals surface area contributed by atoms with Crippen molar-refractivity contribution in [1.82, 2.24) is 0 Å². The van der Waals surface area contributed by atoms with Gasteiger partial charge >= 0.3 is 0 Å². The van der Waals surface area contributed by atoms with Crippen LogP contribution in [-0.2, 0) is 0 Å². The van der Waals surface area contributed by atoms with Crippen molar-refractivity contribution in [3.05, 3.63) is 77.4 Å². The fraction of sp³-hybridized carbons (Fsp3) is 0.143. The Morgan fingerprint density at radius 3 is 2.52 bits per heavy atom. The van der Waals surface area contributed by atoms with Crippen molar-refractivity contribution in [3.8, 4) is 11.5 Å². The van der Waals surface area contributed by atoms with Crippen LogP contribution in [0.4, 0.5) is 0 Å². The number of benzene rings is 3. The lowest BCUT2D eigenvalue weighted by Crippen LogP contribution is -2.20. The highest BCUT2D eigenvalue weighted by Gasteiger charge is 2.26. The molecule has 1 atom stereocenters. The van der Waals surface area contributed by atoms with Gasteiger partial charge in [0.1, 0.15) is 17.6 Å². The quantitative estimate of drug-likeness (QED) is 0.673. The van der Waals surface area contributed by atoms with E-state index in [9.17, 15) is 5.11 Å². The first-order chi connectivity index (χ1) is 11.2. The van der Waals surface area contributed by atoms with Gasteiger partial charge in [0.05, 0.1) is 0 Å². The third kappa shape index (κ3) is 2.10. The molecule has 0 aromatic heterocycles. The Balaban J connectivity index is 2.11. The fourth-order valence-electron chi connectivity index (χ4n) is 3.33. The standard InChI is InChI=1S/C21H18O2/c1-13-14(2)23-19-10-6-5-9-17(19)20(13)21-16-8-4-3-7-15(16)11-12-18(21)22/h3-12,14,22H,1-2H3/t14-/m1/s1. The van der Waals surface area contributed by atoms with Crippen LogP contribution in [0.3, 0.4) is 0 Å². The molecule has 0 saturated carbocycles. The SMILES string of the molecule is CC1=C(c2c(O)ccc3ccccc23)c2ccccc2O[C@@H]1C. The first-order valence-corrected chi connectivity index (χ1v) is 7.84. The molecule has 0 spiro atoms. The number of aromatic hydroxyl groups is 1. The molecule has 0 radical (unpaired) electrons. The van der Waals surface area contributed by atoms with E-state index in [1.807, 2.05) is 43.3 Å². The minimum absolute atomic E-state index is 0.0155. The summed E-state index contributed by atoms with van der Waals surface area (Å²) >= 11 is 0. The van der Waals surface area contributed by atoms with Crippen LogP contribution >= 0.6 is 0 Å². The second kappa shape index (κ2) is 5.17. The maximum Gasteiger partial charge on any atom is 0.128 e. The van der Waals surface area contributed by atoms with Crippen molar-refractivity contribution in [2.45, 2.75) is 20.0 Å². The molecule has 1 N–H and O–H groups in total. The van der Waals surface area contributed by atoms with E-state index >= 15 is 0 Å². The Hall–Kier alpha value is -2.74. The highest BCUT2D eigenvalue weighted by molar-refractivity contribution is 6.02. The van der Waals surface area contributed by atoms with Crippen LogP contribution in [0.25, 0.3) is 16.3 Å². The molecule has 0 unspecified atom stereocenters. The average molecular weight is 302 g/mol. The highest BCUT2D eigenvalue weighted by Crippen LogP contribution is 2.44. The Bertz CT molecular complexity index is 937. The molecule has 0 fully saturated rings. The summed E-state index contributed by atoms with van der Waals surface area (Å²) in [6, 6.07) is 19.9. The van der Waals surface area contributed by atoms with Crippen molar-refractivity contribution < 1.29 is 9.84 Å². The van der Waals surface area contributed by atoms with Gasteiger partial charge in [0.25, 0.3) is 0 Å². The van der Waals surface area contributed by atoms with Gasteiger partial charge in [-0.05, 0) is 47.9 Å². The first kappa shape index (κ1) is 13.9. The highest BCUT2D eigenvalue weighted by atomic mass is 16.5. The van der Waals surface area contributed by atoms with Gasteiger partial charge in [-0.15, -0.1) is 0 Å². The molecule has 0 aliphatic carbocycles. The van der Waals surface area contributed by atoms with E-state index < -0.39 is 0 Å². The lowest BCUT2D eigenvalue weighted by molar-refractivity contribution is 0.252. The third-order valence-corrected chi connectivity index (χ3v) is 4.62. The molecule has 0 amide bonds. The number of fused-ring (bicyclic) bond motifs is 2. The summed E-state index contributed by atoms with van der Waals surface area (Å²) in [4.78, 5) is 0. The topological polar surface area (TPSA) is 29.5 Å². The smallest absolute Gasteiger partial charge is 0.128 e. The van der Waals surface area contributed by atoms with Gasteiger partial charge in [0.2, 0.25) is 0 Å². The van der Waals surface area contributed by atoms with E-state index in [4.69, 9.17) is 4.74 Å². The molecule has 3 aromatic rings. The van der Waals surface area contributed by atoms with E-state index in [-0.39, 0.29) is 6.10 Å². The van der Waals surface area contributed by atoms with Crippen LogP contribution in [0.15, 0.2) is 66.2 Å². The number of hydrogen-bond acceptors (Lipinski definition) is 2. The van der Waals surface area contributed by atoms with Crippen LogP contribution in [0.2, 0.25) is 0 Å². The second-order valence-corrected chi connectivity index (χ2v) is 6.00. The van der Waals surface area contributed by atoms with Crippen LogP contribution in [0.5, 0.6) is 11.5 Å². The monoisotopic (exact) mass is 302 g/mol. The number of hydrogen-bond donors (Lipinski definition) is 1. The second-order valence-electron chi connectivity index (χ2n) is 6.00. The van der Waals surface area contributed by atoms with Crippen LogP contribution in [-0.4, -0.2) is 11.2 Å². The van der Waals surface area contributed by atoms with E-state index in [1.165, 1.54) is 0 Å². The van der Waals surface area contributed by atoms with E-state index in [1.54, 1.807) is 6.07 Å². The number of phenolic OH excluding ortho intramolecular Hbond substituents is 1. The summed E-state index contributed by atoms with van der Waals surface area (Å²) in [5, 5.41) is 12.8. The first-order valence-electron chi connectivity index (χ1n) is 7.84. The molecule has 0 saturated heterocycles. The van der Waals surface area contributed by atoms with Crippen LogP contribution in [0.1, 0.15) is 25.0 Å². The molecule has 0 bridgehead atoms. The van der Waals surface area contributed by atoms with Gasteiger partial charge in [-0.3, -0.25) is 0 Å². The molecule has 1 aliphatic heterocycles.